The highest BCUT2D eigenvalue weighted by Crippen LogP contribution is 2.22. The van der Waals surface area contributed by atoms with Gasteiger partial charge in [0, 0.05) is 69.7 Å². The summed E-state index contributed by atoms with van der Waals surface area (Å²) in [5.41, 5.74) is 18.4. The Balaban J connectivity index is 1.25. The van der Waals surface area contributed by atoms with Gasteiger partial charge in [0.25, 0.3) is 0 Å². The molecular formula is C67H86ClN15O14. The maximum Gasteiger partial charge on any atom is 0.326 e. The number of carboxylic acid groups (broad SMARTS) is 1. The monoisotopic (exact) mass is 1360 g/mol. The first-order valence-electron chi connectivity index (χ1n) is 31.8. The number of carbonyl (C=O) groups is 11. The van der Waals surface area contributed by atoms with E-state index in [1.165, 1.54) is 48.5 Å². The third kappa shape index (κ3) is 24.7. The second-order valence-electron chi connectivity index (χ2n) is 24.1. The van der Waals surface area contributed by atoms with Gasteiger partial charge in [-0.25, -0.2) is 9.59 Å². The molecule has 6 rings (SSSR count). The van der Waals surface area contributed by atoms with Crippen LogP contribution in [0.1, 0.15) is 88.0 Å². The summed E-state index contributed by atoms with van der Waals surface area (Å²) in [6, 6.07) is 14.5. The van der Waals surface area contributed by atoms with Gasteiger partial charge in [-0.05, 0) is 114 Å². The third-order valence-corrected chi connectivity index (χ3v) is 16.1. The number of guanidine groups is 1. The van der Waals surface area contributed by atoms with Crippen LogP contribution >= 0.6 is 11.6 Å². The molecule has 30 heteroatoms. The Bertz CT molecular complexity index is 3580. The van der Waals surface area contributed by atoms with Gasteiger partial charge < -0.3 is 85.3 Å². The number of nitrogens with one attached hydrogen (secondary N) is 9. The summed E-state index contributed by atoms with van der Waals surface area (Å²) in [5, 5.41) is 56.8. The lowest BCUT2D eigenvalue weighted by Gasteiger charge is -2.30. The van der Waals surface area contributed by atoms with E-state index in [4.69, 9.17) is 28.8 Å². The van der Waals surface area contributed by atoms with Crippen molar-refractivity contribution < 1.29 is 68.1 Å². The first-order chi connectivity index (χ1) is 46.3. The number of aromatic nitrogens is 1. The van der Waals surface area contributed by atoms with Crippen molar-refractivity contribution in [3.8, 4) is 5.75 Å². The standard InChI is InChI=1S/C67H86ClN15O14/c1-38(2)30-50(58(88)77-49(14-8-27-73-66(69)70)64(94)83-29-9-15-56(83)65(95)96)78-57(87)48(13-7-28-74-67(71)97)76-60(90)52(33-41-19-24-47(86)25-20-41)81-63(93)55(37-84)82-62(92)54(35-43-10-6-26-72-36-43)80-61(91)53(32-40-17-22-46(68)23-18-40)79-59(89)51(75-39(3)85)34-42-16-21-44-11-4-5-12-45(44)31-42/h4-6,10-12,16-26,31,36,38,48-56,84,86H,7-9,13-15,27-30,32-35,37H2,1-3H3,(H,75,85)(H,76,90)(H,77,88)(H,78,87)(H,79,89)(H,80,91)(H,81,93)(H,82,92)(H,95,96)(H4,69,70,73)(H3,71,74,97)/t48-,49+,50+,51-,52+,53-,54-,55+,56?/m1/s1. The van der Waals surface area contributed by atoms with Gasteiger partial charge in [-0.1, -0.05) is 98.2 Å². The van der Waals surface area contributed by atoms with E-state index in [2.05, 4.69) is 57.8 Å². The number of hydrogen-bond donors (Lipinski definition) is 15. The molecule has 520 valence electrons. The van der Waals surface area contributed by atoms with Gasteiger partial charge in [-0.2, -0.15) is 0 Å². The highest BCUT2D eigenvalue weighted by Gasteiger charge is 2.40. The number of hydrogen-bond acceptors (Lipinski definition) is 15. The lowest BCUT2D eigenvalue weighted by Crippen LogP contribution is -2.61. The number of carbonyl (C=O) groups excluding carboxylic acids is 10. The van der Waals surface area contributed by atoms with Crippen LogP contribution in [0.15, 0.2) is 121 Å². The molecule has 1 aromatic heterocycles. The minimum absolute atomic E-state index is 0.00729. The number of primary amides is 1. The molecule has 1 aliphatic heterocycles. The summed E-state index contributed by atoms with van der Waals surface area (Å²) in [4.78, 5) is 162. The molecule has 1 aliphatic rings. The van der Waals surface area contributed by atoms with E-state index >= 15 is 0 Å². The number of halogens is 1. The summed E-state index contributed by atoms with van der Waals surface area (Å²) >= 11 is 6.22. The molecule has 2 heterocycles. The lowest BCUT2D eigenvalue weighted by atomic mass is 9.99. The average Bonchev–Trinajstić information content (AvgIpc) is 1.55. The molecule has 0 spiro atoms. The van der Waals surface area contributed by atoms with Gasteiger partial charge >= 0.3 is 12.0 Å². The number of aliphatic hydroxyl groups is 1. The number of aliphatic imine (C=N–C) groups is 1. The van der Waals surface area contributed by atoms with Crippen molar-refractivity contribution in [3.63, 3.8) is 0 Å². The second-order valence-corrected chi connectivity index (χ2v) is 24.5. The molecule has 9 atom stereocenters. The van der Waals surface area contributed by atoms with Crippen LogP contribution in [-0.4, -0.2) is 177 Å². The maximum atomic E-state index is 14.8. The summed E-state index contributed by atoms with van der Waals surface area (Å²) in [6.45, 7) is 3.79. The normalized spacial score (nSPS) is 15.1. The van der Waals surface area contributed by atoms with Crippen molar-refractivity contribution in [1.82, 2.24) is 57.7 Å². The molecule has 0 radical (unpaired) electrons. The smallest absolute Gasteiger partial charge is 0.326 e. The van der Waals surface area contributed by atoms with E-state index in [0.717, 1.165) is 10.8 Å². The van der Waals surface area contributed by atoms with Gasteiger partial charge in [0.1, 0.15) is 60.1 Å². The van der Waals surface area contributed by atoms with Crippen LogP contribution in [-0.2, 0) is 73.6 Å². The topological polar surface area (TPSA) is 463 Å². The van der Waals surface area contributed by atoms with Gasteiger partial charge in [-0.3, -0.25) is 53.1 Å². The number of benzene rings is 4. The quantitative estimate of drug-likeness (QED) is 0.0146. The first kappa shape index (κ1) is 75.6. The van der Waals surface area contributed by atoms with E-state index in [-0.39, 0.29) is 101 Å². The largest absolute Gasteiger partial charge is 0.508 e. The molecule has 0 saturated carbocycles. The number of nitrogens with zero attached hydrogens (tertiary/aromatic N) is 3. The van der Waals surface area contributed by atoms with Crippen molar-refractivity contribution in [3.05, 3.63) is 143 Å². The molecule has 4 aromatic carbocycles. The fourth-order valence-electron chi connectivity index (χ4n) is 11.0. The van der Waals surface area contributed by atoms with Crippen LogP contribution in [0.2, 0.25) is 5.02 Å². The van der Waals surface area contributed by atoms with Crippen LogP contribution in [0, 0.1) is 5.92 Å². The second kappa shape index (κ2) is 37.6. The van der Waals surface area contributed by atoms with Crippen molar-refractivity contribution >= 4 is 93.5 Å². The van der Waals surface area contributed by atoms with Crippen LogP contribution in [0.4, 0.5) is 4.79 Å². The predicted molar refractivity (Wildman–Crippen MR) is 359 cm³/mol. The summed E-state index contributed by atoms with van der Waals surface area (Å²) in [7, 11) is 0. The zero-order valence-electron chi connectivity index (χ0n) is 54.1. The number of carboxylic acids is 1. The predicted octanol–water partition coefficient (Wildman–Crippen LogP) is 0.379. The molecule has 0 aliphatic carbocycles. The summed E-state index contributed by atoms with van der Waals surface area (Å²) in [5.74, 6) is -9.54. The number of urea groups is 1. The fourth-order valence-corrected chi connectivity index (χ4v) is 11.1. The summed E-state index contributed by atoms with van der Waals surface area (Å²) < 4.78 is 0. The van der Waals surface area contributed by atoms with Crippen molar-refractivity contribution in [2.75, 3.05) is 26.2 Å². The number of phenolic OH excluding ortho intramolecular Hbond substituents is 1. The van der Waals surface area contributed by atoms with Gasteiger partial charge in [-0.15, -0.1) is 0 Å². The molecular weight excluding hydrogens is 1270 g/mol. The molecule has 11 amide bonds. The average molecular weight is 1360 g/mol. The number of likely N-dealkylation sites (tertiary alicyclic amines) is 1. The number of aliphatic carboxylic acids is 1. The lowest BCUT2D eigenvalue weighted by molar-refractivity contribution is -0.149. The fraction of sp³-hybridized carbons (Fsp3) is 0.418. The van der Waals surface area contributed by atoms with Crippen molar-refractivity contribution in [2.45, 2.75) is 146 Å². The van der Waals surface area contributed by atoms with Crippen LogP contribution < -0.4 is 65.1 Å². The van der Waals surface area contributed by atoms with E-state index in [0.29, 0.717) is 33.7 Å². The first-order valence-corrected chi connectivity index (χ1v) is 32.2. The third-order valence-electron chi connectivity index (χ3n) is 15.9. The van der Waals surface area contributed by atoms with E-state index < -0.39 is 126 Å². The zero-order chi connectivity index (χ0) is 70.7. The zero-order valence-corrected chi connectivity index (χ0v) is 54.9. The van der Waals surface area contributed by atoms with Gasteiger partial charge in [0.15, 0.2) is 5.96 Å². The molecule has 5 aromatic rings. The molecule has 1 unspecified atom stereocenters. The minimum Gasteiger partial charge on any atom is -0.508 e. The number of aliphatic hydroxyl groups excluding tert-OH is 1. The number of aromatic hydroxyl groups is 1. The highest BCUT2D eigenvalue weighted by molar-refractivity contribution is 6.30. The number of nitrogens with two attached hydrogens (primary N) is 3. The van der Waals surface area contributed by atoms with Crippen LogP contribution in [0.3, 0.4) is 0 Å². The molecule has 1 fully saturated rings. The van der Waals surface area contributed by atoms with E-state index in [1.54, 1.807) is 50.2 Å². The van der Waals surface area contributed by atoms with E-state index in [9.17, 15) is 68.1 Å². The molecule has 97 heavy (non-hydrogen) atoms. The number of rotatable bonds is 36. The SMILES string of the molecule is CC(=O)N[C@H](Cc1ccc2ccccc2c1)C(=O)N[C@H](Cc1ccc(Cl)cc1)C(=O)N[C@H](Cc1cccnc1)C(=O)N[C@@H](CO)C(=O)N[C@@H](Cc1ccc(O)cc1)C(=O)N[C@H](CCCNC(N)=O)C(=O)N[C@@H](CC(C)C)C(=O)N[C@@H](CCCN=C(N)N)C(=O)N1CCCC1C(=O)O. The number of amides is 11. The Morgan fingerprint density at radius 3 is 1.64 bits per heavy atom. The van der Waals surface area contributed by atoms with Crippen molar-refractivity contribution in [2.24, 2.45) is 28.1 Å². The molecule has 1 saturated heterocycles. The highest BCUT2D eigenvalue weighted by atomic mass is 35.5. The molecule has 0 bridgehead atoms. The Morgan fingerprint density at radius 2 is 1.08 bits per heavy atom. The Morgan fingerprint density at radius 1 is 0.588 bits per heavy atom. The van der Waals surface area contributed by atoms with Gasteiger partial charge in [0.05, 0.1) is 6.61 Å². The minimum atomic E-state index is -1.84. The Kier molecular flexibility index (Phi) is 29.3. The Hall–Kier alpha value is -10.4. The molecule has 29 nitrogen and oxygen atoms in total. The molecule has 18 N–H and O–H groups in total. The van der Waals surface area contributed by atoms with E-state index in [1.807, 2.05) is 42.5 Å². The van der Waals surface area contributed by atoms with Gasteiger partial charge in [0.2, 0.25) is 53.2 Å². The number of phenols is 1. The number of fused-ring (bicyclic) bond motifs is 1. The Labute approximate surface area is 565 Å². The summed E-state index contributed by atoms with van der Waals surface area (Å²) in [6.07, 6.45) is 2.75. The number of pyridine rings is 1. The van der Waals surface area contributed by atoms with Crippen LogP contribution in [0.25, 0.3) is 10.8 Å². The maximum absolute atomic E-state index is 14.8. The van der Waals surface area contributed by atoms with Crippen molar-refractivity contribution in [1.29, 1.82) is 0 Å². The van der Waals surface area contributed by atoms with Crippen LogP contribution in [0.5, 0.6) is 5.75 Å².